The maximum Gasteiger partial charge on any atom is 0.0414 e. The average molecular weight is 232 g/mol. The Morgan fingerprint density at radius 2 is 1.94 bits per heavy atom. The van der Waals surface area contributed by atoms with E-state index < -0.39 is 0 Å². The molecule has 0 saturated carbocycles. The predicted octanol–water partition coefficient (Wildman–Crippen LogP) is 3.33. The number of nitrogens with two attached hydrogens (primary N) is 1. The van der Waals surface area contributed by atoms with E-state index >= 15 is 0 Å². The van der Waals surface area contributed by atoms with Gasteiger partial charge in [-0.05, 0) is 37.3 Å². The summed E-state index contributed by atoms with van der Waals surface area (Å²) in [6, 6.07) is 8.69. The molecule has 0 amide bonds. The van der Waals surface area contributed by atoms with Crippen LogP contribution in [0.2, 0.25) is 0 Å². The van der Waals surface area contributed by atoms with Crippen molar-refractivity contribution in [3.63, 3.8) is 0 Å². The highest BCUT2D eigenvalue weighted by molar-refractivity contribution is 5.55. The number of nitrogens with zero attached hydrogens (tertiary/aromatic N) is 1. The summed E-state index contributed by atoms with van der Waals surface area (Å²) in [6.45, 7) is 6.73. The number of anilines is 1. The fourth-order valence-corrected chi connectivity index (χ4v) is 2.74. The maximum absolute atomic E-state index is 6.05. The molecule has 2 nitrogen and oxygen atoms in total. The maximum atomic E-state index is 6.05. The van der Waals surface area contributed by atoms with Gasteiger partial charge in [0.05, 0.1) is 0 Å². The Hall–Kier alpha value is -1.02. The third-order valence-corrected chi connectivity index (χ3v) is 3.96. The topological polar surface area (TPSA) is 29.3 Å². The minimum absolute atomic E-state index is 0.120. The molecule has 1 saturated heterocycles. The van der Waals surface area contributed by atoms with Gasteiger partial charge in [0.15, 0.2) is 0 Å². The van der Waals surface area contributed by atoms with Crippen LogP contribution in [0.15, 0.2) is 24.3 Å². The number of para-hydroxylation sites is 1. The zero-order valence-corrected chi connectivity index (χ0v) is 11.0. The van der Waals surface area contributed by atoms with E-state index in [0.29, 0.717) is 0 Å². The quantitative estimate of drug-likeness (QED) is 0.866. The van der Waals surface area contributed by atoms with Crippen LogP contribution < -0.4 is 10.6 Å². The highest BCUT2D eigenvalue weighted by Gasteiger charge is 2.20. The number of benzene rings is 1. The lowest BCUT2D eigenvalue weighted by Gasteiger charge is -2.35. The standard InChI is InChI=1S/C15H24N2/c1-3-13-8-10-17(11-9-13)15-7-5-4-6-14(15)12(2)16/h4-7,12-13H,3,8-11,16H2,1-2H3/t12-/m1/s1. The molecule has 1 heterocycles. The summed E-state index contributed by atoms with van der Waals surface area (Å²) in [5.74, 6) is 0.925. The molecule has 0 aliphatic carbocycles. The Morgan fingerprint density at radius 1 is 1.29 bits per heavy atom. The van der Waals surface area contributed by atoms with Crippen molar-refractivity contribution in [2.75, 3.05) is 18.0 Å². The zero-order chi connectivity index (χ0) is 12.3. The molecule has 1 aliphatic rings. The van der Waals surface area contributed by atoms with E-state index in [2.05, 4.69) is 43.0 Å². The molecule has 0 spiro atoms. The normalized spacial score (nSPS) is 19.4. The first-order chi connectivity index (χ1) is 8.22. The van der Waals surface area contributed by atoms with Crippen molar-refractivity contribution < 1.29 is 0 Å². The third kappa shape index (κ3) is 2.81. The summed E-state index contributed by atoms with van der Waals surface area (Å²) < 4.78 is 0. The lowest BCUT2D eigenvalue weighted by atomic mass is 9.93. The first-order valence-electron chi connectivity index (χ1n) is 6.81. The zero-order valence-electron chi connectivity index (χ0n) is 11.0. The minimum atomic E-state index is 0.120. The lowest BCUT2D eigenvalue weighted by Crippen LogP contribution is -2.34. The van der Waals surface area contributed by atoms with Crippen molar-refractivity contribution in [2.24, 2.45) is 11.7 Å². The summed E-state index contributed by atoms with van der Waals surface area (Å²) in [7, 11) is 0. The Balaban J connectivity index is 2.13. The molecule has 0 unspecified atom stereocenters. The van der Waals surface area contributed by atoms with Gasteiger partial charge in [0.1, 0.15) is 0 Å². The second-order valence-corrected chi connectivity index (χ2v) is 5.19. The molecule has 17 heavy (non-hydrogen) atoms. The predicted molar refractivity (Wildman–Crippen MR) is 74.3 cm³/mol. The number of hydrogen-bond acceptors (Lipinski definition) is 2. The van der Waals surface area contributed by atoms with Gasteiger partial charge in [0.25, 0.3) is 0 Å². The van der Waals surface area contributed by atoms with Gasteiger partial charge in [0, 0.05) is 24.8 Å². The molecule has 1 aliphatic heterocycles. The molecule has 2 N–H and O–H groups in total. The molecule has 94 valence electrons. The molecule has 1 aromatic carbocycles. The summed E-state index contributed by atoms with van der Waals surface area (Å²) in [5, 5.41) is 0. The second-order valence-electron chi connectivity index (χ2n) is 5.19. The van der Waals surface area contributed by atoms with E-state index in [-0.39, 0.29) is 6.04 Å². The SMILES string of the molecule is CCC1CCN(c2ccccc2[C@@H](C)N)CC1. The van der Waals surface area contributed by atoms with E-state index in [0.717, 1.165) is 5.92 Å². The average Bonchev–Trinajstić information content (AvgIpc) is 2.39. The molecule has 0 bridgehead atoms. The van der Waals surface area contributed by atoms with Crippen LogP contribution in [0, 0.1) is 5.92 Å². The van der Waals surface area contributed by atoms with Crippen LogP contribution in [0.4, 0.5) is 5.69 Å². The van der Waals surface area contributed by atoms with Crippen LogP contribution in [-0.4, -0.2) is 13.1 Å². The molecule has 2 heteroatoms. The summed E-state index contributed by atoms with van der Waals surface area (Å²) in [4.78, 5) is 2.50. The smallest absolute Gasteiger partial charge is 0.0414 e. The van der Waals surface area contributed by atoms with Gasteiger partial charge in [-0.15, -0.1) is 0 Å². The van der Waals surface area contributed by atoms with Crippen LogP contribution in [0.25, 0.3) is 0 Å². The van der Waals surface area contributed by atoms with Crippen LogP contribution in [0.1, 0.15) is 44.7 Å². The van der Waals surface area contributed by atoms with Crippen molar-refractivity contribution in [2.45, 2.75) is 39.2 Å². The van der Waals surface area contributed by atoms with Gasteiger partial charge in [-0.1, -0.05) is 31.5 Å². The van der Waals surface area contributed by atoms with E-state index in [4.69, 9.17) is 5.73 Å². The van der Waals surface area contributed by atoms with Crippen LogP contribution in [0.3, 0.4) is 0 Å². The molecule has 0 aromatic heterocycles. The Morgan fingerprint density at radius 3 is 2.53 bits per heavy atom. The fourth-order valence-electron chi connectivity index (χ4n) is 2.74. The first-order valence-corrected chi connectivity index (χ1v) is 6.81. The van der Waals surface area contributed by atoms with Crippen molar-refractivity contribution in [3.05, 3.63) is 29.8 Å². The Labute approximate surface area is 105 Å². The van der Waals surface area contributed by atoms with Gasteiger partial charge in [0.2, 0.25) is 0 Å². The lowest BCUT2D eigenvalue weighted by molar-refractivity contribution is 0.394. The van der Waals surface area contributed by atoms with E-state index in [1.54, 1.807) is 0 Å². The van der Waals surface area contributed by atoms with E-state index in [1.807, 2.05) is 0 Å². The van der Waals surface area contributed by atoms with Gasteiger partial charge in [-0.2, -0.15) is 0 Å². The summed E-state index contributed by atoms with van der Waals surface area (Å²) >= 11 is 0. The van der Waals surface area contributed by atoms with E-state index in [1.165, 1.54) is 43.6 Å². The van der Waals surface area contributed by atoms with Crippen LogP contribution >= 0.6 is 0 Å². The number of piperidine rings is 1. The highest BCUT2D eigenvalue weighted by Crippen LogP contribution is 2.29. The minimum Gasteiger partial charge on any atom is -0.371 e. The summed E-state index contributed by atoms with van der Waals surface area (Å²) in [5.41, 5.74) is 8.67. The van der Waals surface area contributed by atoms with Crippen molar-refractivity contribution in [1.29, 1.82) is 0 Å². The Bertz CT molecular complexity index is 352. The molecular formula is C15H24N2. The molecule has 0 radical (unpaired) electrons. The number of hydrogen-bond donors (Lipinski definition) is 1. The highest BCUT2D eigenvalue weighted by atomic mass is 15.1. The van der Waals surface area contributed by atoms with Crippen molar-refractivity contribution in [3.8, 4) is 0 Å². The largest absolute Gasteiger partial charge is 0.371 e. The molecule has 1 fully saturated rings. The van der Waals surface area contributed by atoms with E-state index in [9.17, 15) is 0 Å². The fraction of sp³-hybridized carbons (Fsp3) is 0.600. The van der Waals surface area contributed by atoms with Crippen LogP contribution in [-0.2, 0) is 0 Å². The summed E-state index contributed by atoms with van der Waals surface area (Å²) in [6.07, 6.45) is 3.97. The van der Waals surface area contributed by atoms with Crippen molar-refractivity contribution >= 4 is 5.69 Å². The monoisotopic (exact) mass is 232 g/mol. The molecular weight excluding hydrogens is 208 g/mol. The van der Waals surface area contributed by atoms with Gasteiger partial charge in [-0.3, -0.25) is 0 Å². The van der Waals surface area contributed by atoms with Gasteiger partial charge < -0.3 is 10.6 Å². The molecule has 1 aromatic rings. The second kappa shape index (κ2) is 5.54. The van der Waals surface area contributed by atoms with Gasteiger partial charge in [-0.25, -0.2) is 0 Å². The van der Waals surface area contributed by atoms with Crippen LogP contribution in [0.5, 0.6) is 0 Å². The number of rotatable bonds is 3. The Kier molecular flexibility index (Phi) is 4.06. The molecule has 1 atom stereocenters. The third-order valence-electron chi connectivity index (χ3n) is 3.96. The first kappa shape index (κ1) is 12.4. The van der Waals surface area contributed by atoms with Gasteiger partial charge >= 0.3 is 0 Å². The molecule has 2 rings (SSSR count). The van der Waals surface area contributed by atoms with Crippen molar-refractivity contribution in [1.82, 2.24) is 0 Å².